The molecule has 22 heavy (non-hydrogen) atoms. The van der Waals surface area contributed by atoms with E-state index in [-0.39, 0.29) is 31.9 Å². The molecule has 1 amide bonds. The van der Waals surface area contributed by atoms with Gasteiger partial charge in [0, 0.05) is 6.42 Å². The molecule has 7 nitrogen and oxygen atoms in total. The first-order valence-corrected chi connectivity index (χ1v) is 6.82. The Morgan fingerprint density at radius 1 is 1.23 bits per heavy atom. The maximum Gasteiger partial charge on any atom is 0.325 e. The van der Waals surface area contributed by atoms with Gasteiger partial charge in [0.05, 0.1) is 7.11 Å². The van der Waals surface area contributed by atoms with Crippen molar-refractivity contribution in [3.63, 3.8) is 0 Å². The van der Waals surface area contributed by atoms with E-state index < -0.39 is 18.0 Å². The van der Waals surface area contributed by atoms with Crippen molar-refractivity contribution in [1.82, 2.24) is 5.32 Å². The molecule has 0 heterocycles. The number of esters is 2. The Balaban J connectivity index is 2.23. The first-order valence-electron chi connectivity index (χ1n) is 6.82. The lowest BCUT2D eigenvalue weighted by atomic mass is 10.1. The summed E-state index contributed by atoms with van der Waals surface area (Å²) >= 11 is 0. The van der Waals surface area contributed by atoms with Gasteiger partial charge in [-0.3, -0.25) is 14.4 Å². The molecule has 0 bridgehead atoms. The molecule has 1 atom stereocenters. The minimum Gasteiger partial charge on any atom is -0.468 e. The van der Waals surface area contributed by atoms with Crippen LogP contribution in [0.1, 0.15) is 18.4 Å². The molecule has 0 fully saturated rings. The molecule has 1 rings (SSSR count). The predicted molar refractivity (Wildman–Crippen MR) is 78.5 cm³/mol. The number of benzene rings is 1. The van der Waals surface area contributed by atoms with Gasteiger partial charge in [0.15, 0.2) is 0 Å². The van der Waals surface area contributed by atoms with Crippen molar-refractivity contribution in [2.45, 2.75) is 25.5 Å². The molecule has 1 aromatic rings. The lowest BCUT2D eigenvalue weighted by Crippen LogP contribution is -2.35. The lowest BCUT2D eigenvalue weighted by molar-refractivity contribution is -0.147. The minimum atomic E-state index is -0.882. The van der Waals surface area contributed by atoms with Crippen molar-refractivity contribution in [2.24, 2.45) is 5.73 Å². The average Bonchev–Trinajstić information content (AvgIpc) is 2.56. The second kappa shape index (κ2) is 9.51. The number of amides is 1. The van der Waals surface area contributed by atoms with E-state index in [1.807, 2.05) is 30.3 Å². The Morgan fingerprint density at radius 2 is 1.91 bits per heavy atom. The van der Waals surface area contributed by atoms with Gasteiger partial charge in [-0.05, 0) is 12.0 Å². The van der Waals surface area contributed by atoms with E-state index in [0.717, 1.165) is 5.56 Å². The monoisotopic (exact) mass is 308 g/mol. The van der Waals surface area contributed by atoms with Gasteiger partial charge in [0.25, 0.3) is 0 Å². The van der Waals surface area contributed by atoms with E-state index >= 15 is 0 Å². The largest absolute Gasteiger partial charge is 0.468 e. The summed E-state index contributed by atoms with van der Waals surface area (Å²) in [5.74, 6) is -1.48. The highest BCUT2D eigenvalue weighted by Gasteiger charge is 2.17. The Hall–Kier alpha value is -2.41. The quantitative estimate of drug-likeness (QED) is 0.661. The van der Waals surface area contributed by atoms with Crippen molar-refractivity contribution in [1.29, 1.82) is 0 Å². The number of nitrogens with one attached hydrogen (secondary N) is 1. The fourth-order valence-corrected chi connectivity index (χ4v) is 1.57. The molecule has 0 saturated heterocycles. The molecule has 0 saturated carbocycles. The SMILES string of the molecule is COC(=O)CNC(=O)CC[C@H](N)C(=O)OCc1ccccc1. The minimum absolute atomic E-state index is 0.0264. The van der Waals surface area contributed by atoms with Crippen molar-refractivity contribution in [3.05, 3.63) is 35.9 Å². The molecule has 0 unspecified atom stereocenters. The van der Waals surface area contributed by atoms with E-state index in [2.05, 4.69) is 10.1 Å². The van der Waals surface area contributed by atoms with Crippen LogP contribution in [0.2, 0.25) is 0 Å². The van der Waals surface area contributed by atoms with Crippen LogP contribution in [0.25, 0.3) is 0 Å². The number of hydrogen-bond acceptors (Lipinski definition) is 6. The predicted octanol–water partition coefficient (Wildman–Crippen LogP) is 0.127. The lowest BCUT2D eigenvalue weighted by Gasteiger charge is -2.11. The number of carbonyl (C=O) groups excluding carboxylic acids is 3. The van der Waals surface area contributed by atoms with Gasteiger partial charge in [-0.15, -0.1) is 0 Å². The summed E-state index contributed by atoms with van der Waals surface area (Å²) in [4.78, 5) is 34.0. The van der Waals surface area contributed by atoms with Crippen molar-refractivity contribution < 1.29 is 23.9 Å². The molecule has 0 aromatic heterocycles. The van der Waals surface area contributed by atoms with Crippen LogP contribution < -0.4 is 11.1 Å². The van der Waals surface area contributed by atoms with Crippen LogP contribution in [-0.4, -0.2) is 37.5 Å². The number of ether oxygens (including phenoxy) is 2. The molecule has 7 heteroatoms. The van der Waals surface area contributed by atoms with E-state index in [4.69, 9.17) is 10.5 Å². The Morgan fingerprint density at radius 3 is 2.55 bits per heavy atom. The third-order valence-electron chi connectivity index (χ3n) is 2.87. The van der Waals surface area contributed by atoms with Crippen LogP contribution in [0.4, 0.5) is 0 Å². The zero-order chi connectivity index (χ0) is 16.4. The van der Waals surface area contributed by atoms with Crippen LogP contribution in [0.5, 0.6) is 0 Å². The summed E-state index contributed by atoms with van der Waals surface area (Å²) in [6, 6.07) is 8.33. The molecule has 0 radical (unpaired) electrons. The molecule has 0 spiro atoms. The normalized spacial score (nSPS) is 11.4. The third kappa shape index (κ3) is 6.85. The van der Waals surface area contributed by atoms with Gasteiger partial charge in [0.1, 0.15) is 19.2 Å². The smallest absolute Gasteiger partial charge is 0.325 e. The van der Waals surface area contributed by atoms with E-state index in [1.54, 1.807) is 0 Å². The summed E-state index contributed by atoms with van der Waals surface area (Å²) < 4.78 is 9.45. The first-order chi connectivity index (χ1) is 10.5. The number of rotatable bonds is 8. The third-order valence-corrected chi connectivity index (χ3v) is 2.87. The Labute approximate surface area is 128 Å². The van der Waals surface area contributed by atoms with Gasteiger partial charge < -0.3 is 20.5 Å². The van der Waals surface area contributed by atoms with Crippen LogP contribution in [-0.2, 0) is 30.5 Å². The molecule has 0 aliphatic carbocycles. The van der Waals surface area contributed by atoms with E-state index in [9.17, 15) is 14.4 Å². The highest BCUT2D eigenvalue weighted by molar-refractivity contribution is 5.82. The molecule has 3 N–H and O–H groups in total. The van der Waals surface area contributed by atoms with Crippen molar-refractivity contribution in [2.75, 3.05) is 13.7 Å². The second-order valence-electron chi connectivity index (χ2n) is 4.59. The van der Waals surface area contributed by atoms with Gasteiger partial charge in [0.2, 0.25) is 5.91 Å². The van der Waals surface area contributed by atoms with Gasteiger partial charge in [-0.25, -0.2) is 0 Å². The maximum absolute atomic E-state index is 11.7. The van der Waals surface area contributed by atoms with E-state index in [1.165, 1.54) is 7.11 Å². The summed E-state index contributed by atoms with van der Waals surface area (Å²) in [7, 11) is 1.23. The van der Waals surface area contributed by atoms with Crippen LogP contribution in [0, 0.1) is 0 Å². The molecule has 0 aliphatic heterocycles. The number of carbonyl (C=O) groups is 3. The van der Waals surface area contributed by atoms with Crippen LogP contribution >= 0.6 is 0 Å². The second-order valence-corrected chi connectivity index (χ2v) is 4.59. The zero-order valence-electron chi connectivity index (χ0n) is 12.4. The van der Waals surface area contributed by atoms with Gasteiger partial charge in [-0.2, -0.15) is 0 Å². The molecule has 0 aliphatic rings. The topological polar surface area (TPSA) is 108 Å². The standard InChI is InChI=1S/C15H20N2O5/c1-21-14(19)9-17-13(18)8-7-12(16)15(20)22-10-11-5-3-2-4-6-11/h2-6,12H,7-10,16H2,1H3,(H,17,18)/t12-/m0/s1. The number of nitrogens with two attached hydrogens (primary N) is 1. The van der Waals surface area contributed by atoms with Crippen molar-refractivity contribution in [3.8, 4) is 0 Å². The van der Waals surface area contributed by atoms with Crippen molar-refractivity contribution >= 4 is 17.8 Å². The fourth-order valence-electron chi connectivity index (χ4n) is 1.57. The highest BCUT2D eigenvalue weighted by Crippen LogP contribution is 2.03. The molecule has 120 valence electrons. The highest BCUT2D eigenvalue weighted by atomic mass is 16.5. The van der Waals surface area contributed by atoms with Crippen LogP contribution in [0.3, 0.4) is 0 Å². The number of methoxy groups -OCH3 is 1. The van der Waals surface area contributed by atoms with Gasteiger partial charge >= 0.3 is 11.9 Å². The van der Waals surface area contributed by atoms with Gasteiger partial charge in [-0.1, -0.05) is 30.3 Å². The van der Waals surface area contributed by atoms with Crippen LogP contribution in [0.15, 0.2) is 30.3 Å². The molecule has 1 aromatic carbocycles. The summed E-state index contributed by atoms with van der Waals surface area (Å²) in [5.41, 5.74) is 6.53. The summed E-state index contributed by atoms with van der Waals surface area (Å²) in [6.07, 6.45) is 0.166. The zero-order valence-corrected chi connectivity index (χ0v) is 12.4. The number of hydrogen-bond donors (Lipinski definition) is 2. The summed E-state index contributed by atoms with van der Waals surface area (Å²) in [5, 5.41) is 2.36. The Bertz CT molecular complexity index is 504. The average molecular weight is 308 g/mol. The maximum atomic E-state index is 11.7. The fraction of sp³-hybridized carbons (Fsp3) is 0.400. The Kier molecular flexibility index (Phi) is 7.63. The first kappa shape index (κ1) is 17.6. The molecular weight excluding hydrogens is 288 g/mol. The summed E-state index contributed by atoms with van der Waals surface area (Å²) in [6.45, 7) is -0.0645. The van der Waals surface area contributed by atoms with E-state index in [0.29, 0.717) is 0 Å². The molecular formula is C15H20N2O5.